The van der Waals surface area contributed by atoms with E-state index in [1.165, 1.54) is 4.90 Å². The predicted octanol–water partition coefficient (Wildman–Crippen LogP) is 3.57. The van der Waals surface area contributed by atoms with Crippen molar-refractivity contribution < 1.29 is 9.84 Å². The first-order valence-electron chi connectivity index (χ1n) is 6.93. The van der Waals surface area contributed by atoms with Crippen LogP contribution in [-0.4, -0.2) is 30.6 Å². The van der Waals surface area contributed by atoms with Crippen molar-refractivity contribution in [2.24, 2.45) is 0 Å². The molecule has 1 atom stereocenters. The largest absolute Gasteiger partial charge is 0.491 e. The van der Waals surface area contributed by atoms with E-state index in [1.807, 2.05) is 49.6 Å². The molecule has 0 bridgehead atoms. The van der Waals surface area contributed by atoms with Gasteiger partial charge in [-0.2, -0.15) is 0 Å². The number of benzene rings is 2. The number of aliphatic hydroxyl groups excluding tert-OH is 1. The van der Waals surface area contributed by atoms with Crippen LogP contribution < -0.4 is 10.1 Å². The van der Waals surface area contributed by atoms with Crippen LogP contribution in [0.1, 0.15) is 5.56 Å². The van der Waals surface area contributed by atoms with Gasteiger partial charge in [0.15, 0.2) is 0 Å². The first kappa shape index (κ1) is 15.7. The number of anilines is 1. The Bertz CT molecular complexity index is 574. The Morgan fingerprint density at radius 2 is 2.00 bits per heavy atom. The van der Waals surface area contributed by atoms with Gasteiger partial charge in [-0.05, 0) is 49.1 Å². The summed E-state index contributed by atoms with van der Waals surface area (Å²) in [6.07, 6.45) is 1.49. The van der Waals surface area contributed by atoms with E-state index in [9.17, 15) is 5.11 Å². The number of ether oxygens (including phenoxy) is 1. The van der Waals surface area contributed by atoms with Crippen molar-refractivity contribution in [3.05, 3.63) is 54.1 Å². The summed E-state index contributed by atoms with van der Waals surface area (Å²) >= 11 is 1.70. The number of nitrogens with one attached hydrogen (secondary N) is 1. The minimum atomic E-state index is -0.552. The molecule has 0 heterocycles. The van der Waals surface area contributed by atoms with Crippen molar-refractivity contribution in [2.75, 3.05) is 24.7 Å². The Balaban J connectivity index is 1.78. The lowest BCUT2D eigenvalue weighted by molar-refractivity contribution is 0.117. The van der Waals surface area contributed by atoms with Crippen LogP contribution in [0.4, 0.5) is 5.69 Å². The molecule has 4 heteroatoms. The average molecular weight is 303 g/mol. The normalized spacial score (nSPS) is 12.0. The molecule has 0 saturated carbocycles. The van der Waals surface area contributed by atoms with E-state index in [1.54, 1.807) is 11.8 Å². The lowest BCUT2D eigenvalue weighted by Crippen LogP contribution is -2.26. The van der Waals surface area contributed by atoms with Crippen LogP contribution >= 0.6 is 11.8 Å². The molecule has 0 amide bonds. The van der Waals surface area contributed by atoms with Crippen molar-refractivity contribution in [2.45, 2.75) is 17.9 Å². The fourth-order valence-corrected chi connectivity index (χ4v) is 2.38. The van der Waals surface area contributed by atoms with Crippen LogP contribution in [0.3, 0.4) is 0 Å². The summed E-state index contributed by atoms with van der Waals surface area (Å²) in [6, 6.07) is 16.0. The van der Waals surface area contributed by atoms with Crippen LogP contribution in [-0.2, 0) is 0 Å². The van der Waals surface area contributed by atoms with Gasteiger partial charge in [0.05, 0.1) is 0 Å². The van der Waals surface area contributed by atoms with Crippen molar-refractivity contribution in [1.29, 1.82) is 0 Å². The predicted molar refractivity (Wildman–Crippen MR) is 89.4 cm³/mol. The third-order valence-corrected chi connectivity index (χ3v) is 3.77. The van der Waals surface area contributed by atoms with Gasteiger partial charge in [-0.15, -0.1) is 11.8 Å². The average Bonchev–Trinajstić information content (AvgIpc) is 2.51. The molecule has 0 spiro atoms. The summed E-state index contributed by atoms with van der Waals surface area (Å²) in [6.45, 7) is 2.76. The molecular formula is C17H21NO2S. The smallest absolute Gasteiger partial charge is 0.119 e. The molecule has 1 unspecified atom stereocenters. The minimum absolute atomic E-state index is 0.276. The van der Waals surface area contributed by atoms with Gasteiger partial charge in [0.1, 0.15) is 18.5 Å². The maximum absolute atomic E-state index is 9.97. The van der Waals surface area contributed by atoms with Crippen LogP contribution in [0.2, 0.25) is 0 Å². The summed E-state index contributed by atoms with van der Waals surface area (Å²) < 4.78 is 5.59. The highest BCUT2D eigenvalue weighted by atomic mass is 32.2. The highest BCUT2D eigenvalue weighted by Crippen LogP contribution is 2.19. The van der Waals surface area contributed by atoms with Crippen LogP contribution in [0.15, 0.2) is 53.4 Å². The number of rotatable bonds is 7. The lowest BCUT2D eigenvalue weighted by atomic mass is 10.2. The number of hydrogen-bond acceptors (Lipinski definition) is 4. The summed E-state index contributed by atoms with van der Waals surface area (Å²) in [5, 5.41) is 13.2. The van der Waals surface area contributed by atoms with E-state index in [4.69, 9.17) is 4.74 Å². The van der Waals surface area contributed by atoms with E-state index in [2.05, 4.69) is 17.4 Å². The fourth-order valence-electron chi connectivity index (χ4n) is 1.93. The van der Waals surface area contributed by atoms with Crippen molar-refractivity contribution in [3.8, 4) is 5.75 Å². The molecular weight excluding hydrogens is 282 g/mol. The highest BCUT2D eigenvalue weighted by Gasteiger charge is 2.05. The Hall–Kier alpha value is -1.65. The quantitative estimate of drug-likeness (QED) is 0.767. The van der Waals surface area contributed by atoms with E-state index in [0.29, 0.717) is 6.54 Å². The van der Waals surface area contributed by atoms with E-state index in [-0.39, 0.29) is 6.61 Å². The van der Waals surface area contributed by atoms with Crippen molar-refractivity contribution >= 4 is 17.4 Å². The molecule has 0 saturated heterocycles. The maximum atomic E-state index is 9.97. The van der Waals surface area contributed by atoms with Gasteiger partial charge in [-0.1, -0.05) is 18.2 Å². The van der Waals surface area contributed by atoms with E-state index >= 15 is 0 Å². The summed E-state index contributed by atoms with van der Waals surface area (Å²) in [4.78, 5) is 1.20. The zero-order valence-corrected chi connectivity index (χ0v) is 13.2. The molecule has 112 valence electrons. The maximum Gasteiger partial charge on any atom is 0.119 e. The first-order valence-corrected chi connectivity index (χ1v) is 8.15. The number of hydrogen-bond donors (Lipinski definition) is 2. The third kappa shape index (κ3) is 5.33. The molecule has 3 nitrogen and oxygen atoms in total. The van der Waals surface area contributed by atoms with E-state index < -0.39 is 6.10 Å². The molecule has 0 aliphatic carbocycles. The van der Waals surface area contributed by atoms with Crippen LogP contribution in [0, 0.1) is 6.92 Å². The lowest BCUT2D eigenvalue weighted by Gasteiger charge is -2.14. The molecule has 2 aromatic carbocycles. The Morgan fingerprint density at radius 3 is 2.76 bits per heavy atom. The molecule has 0 fully saturated rings. The molecule has 2 rings (SSSR count). The second-order valence-electron chi connectivity index (χ2n) is 4.89. The van der Waals surface area contributed by atoms with Gasteiger partial charge in [0.25, 0.3) is 0 Å². The van der Waals surface area contributed by atoms with Gasteiger partial charge >= 0.3 is 0 Å². The Kier molecular flexibility index (Phi) is 5.96. The molecule has 2 aromatic rings. The van der Waals surface area contributed by atoms with Gasteiger partial charge in [-0.3, -0.25) is 0 Å². The summed E-state index contributed by atoms with van der Waals surface area (Å²) in [7, 11) is 0. The number of thioether (sulfide) groups is 1. The molecule has 0 aliphatic heterocycles. The van der Waals surface area contributed by atoms with Gasteiger partial charge in [0.2, 0.25) is 0 Å². The van der Waals surface area contributed by atoms with E-state index in [0.717, 1.165) is 17.0 Å². The zero-order valence-electron chi connectivity index (χ0n) is 12.4. The van der Waals surface area contributed by atoms with Gasteiger partial charge in [-0.25, -0.2) is 0 Å². The Morgan fingerprint density at radius 1 is 1.19 bits per heavy atom. The molecule has 21 heavy (non-hydrogen) atoms. The minimum Gasteiger partial charge on any atom is -0.491 e. The number of aliphatic hydroxyl groups is 1. The monoisotopic (exact) mass is 303 g/mol. The van der Waals surface area contributed by atoms with Crippen LogP contribution in [0.25, 0.3) is 0 Å². The van der Waals surface area contributed by atoms with Gasteiger partial charge < -0.3 is 15.2 Å². The summed E-state index contributed by atoms with van der Waals surface area (Å²) in [5.41, 5.74) is 2.16. The first-order chi connectivity index (χ1) is 10.2. The Labute approximate surface area is 130 Å². The number of aryl methyl sites for hydroxylation is 1. The fraction of sp³-hybridized carbons (Fsp3) is 0.294. The molecule has 0 radical (unpaired) electrons. The van der Waals surface area contributed by atoms with Crippen molar-refractivity contribution in [1.82, 2.24) is 0 Å². The molecule has 0 aromatic heterocycles. The second-order valence-corrected chi connectivity index (χ2v) is 5.77. The molecule has 2 N–H and O–H groups in total. The van der Waals surface area contributed by atoms with Crippen LogP contribution in [0.5, 0.6) is 5.75 Å². The topological polar surface area (TPSA) is 41.5 Å². The van der Waals surface area contributed by atoms with Crippen molar-refractivity contribution in [3.63, 3.8) is 0 Å². The SMILES string of the molecule is CSc1cccc(NCC(O)COc2cccc(C)c2)c1. The van der Waals surface area contributed by atoms with Gasteiger partial charge in [0, 0.05) is 17.1 Å². The zero-order chi connectivity index (χ0) is 15.1. The highest BCUT2D eigenvalue weighted by molar-refractivity contribution is 7.98. The second kappa shape index (κ2) is 7.96. The molecule has 0 aliphatic rings. The standard InChI is InChI=1S/C17H21NO2S/c1-13-5-3-7-16(9-13)20-12-15(19)11-18-14-6-4-8-17(10-14)21-2/h3-10,15,18-19H,11-12H2,1-2H3. The summed E-state index contributed by atoms with van der Waals surface area (Å²) in [5.74, 6) is 0.790. The third-order valence-electron chi connectivity index (χ3n) is 3.04.